The second-order valence-electron chi connectivity index (χ2n) is 5.68. The van der Waals surface area contributed by atoms with Crippen molar-refractivity contribution in [2.24, 2.45) is 12.0 Å². The highest BCUT2D eigenvalue weighted by Crippen LogP contribution is 2.35. The minimum Gasteiger partial charge on any atom is -0.428 e. The van der Waals surface area contributed by atoms with Gasteiger partial charge >= 0.3 is 0 Å². The van der Waals surface area contributed by atoms with Gasteiger partial charge in [-0.3, -0.25) is 4.57 Å². The Labute approximate surface area is 97.2 Å². The fourth-order valence-electron chi connectivity index (χ4n) is 2.44. The summed E-state index contributed by atoms with van der Waals surface area (Å²) >= 11 is 0. The van der Waals surface area contributed by atoms with Gasteiger partial charge in [-0.15, -0.1) is 0 Å². The number of rotatable bonds is 1. The lowest BCUT2D eigenvalue weighted by Gasteiger charge is -2.27. The first-order valence-electron chi connectivity index (χ1n) is 6.15. The average molecular weight is 222 g/mol. The van der Waals surface area contributed by atoms with E-state index < -0.39 is 0 Å². The molecule has 1 heterocycles. The van der Waals surface area contributed by atoms with Crippen LogP contribution in [0.15, 0.2) is 9.41 Å². The molecule has 0 unspecified atom stereocenters. The zero-order valence-electron chi connectivity index (χ0n) is 11.0. The Morgan fingerprint density at radius 1 is 1.38 bits per heavy atom. The van der Waals surface area contributed by atoms with Crippen LogP contribution in [-0.4, -0.2) is 10.6 Å². The molecule has 0 spiro atoms. The Morgan fingerprint density at radius 2 is 2.06 bits per heavy atom. The first kappa shape index (κ1) is 11.5. The summed E-state index contributed by atoms with van der Waals surface area (Å²) in [5.41, 5.74) is 2.27. The summed E-state index contributed by atoms with van der Waals surface area (Å²) < 4.78 is 8.08. The van der Waals surface area contributed by atoms with Gasteiger partial charge in [0.25, 0.3) is 5.68 Å². The number of aromatic nitrogens is 1. The van der Waals surface area contributed by atoms with Crippen molar-refractivity contribution in [1.29, 1.82) is 0 Å². The van der Waals surface area contributed by atoms with E-state index in [2.05, 4.69) is 44.3 Å². The monoisotopic (exact) mass is 222 g/mol. The van der Waals surface area contributed by atoms with E-state index in [0.29, 0.717) is 0 Å². The Kier molecular flexibility index (Phi) is 2.72. The lowest BCUT2D eigenvalue weighted by molar-refractivity contribution is 0.319. The summed E-state index contributed by atoms with van der Waals surface area (Å²) in [6.07, 6.45) is 3.56. The summed E-state index contributed by atoms with van der Waals surface area (Å²) in [5.74, 6) is 1.14. The molecule has 1 aliphatic carbocycles. The fraction of sp³-hybridized carbons (Fsp3) is 0.769. The maximum atomic E-state index is 5.96. The summed E-state index contributed by atoms with van der Waals surface area (Å²) in [6.45, 7) is 8.67. The zero-order valence-corrected chi connectivity index (χ0v) is 11.0. The van der Waals surface area contributed by atoms with Crippen molar-refractivity contribution in [2.75, 3.05) is 0 Å². The van der Waals surface area contributed by atoms with Gasteiger partial charge in [0.05, 0.1) is 5.69 Å². The van der Waals surface area contributed by atoms with E-state index >= 15 is 0 Å². The van der Waals surface area contributed by atoms with E-state index in [9.17, 15) is 0 Å². The van der Waals surface area contributed by atoms with Crippen LogP contribution in [0.3, 0.4) is 0 Å². The number of oxazole rings is 1. The smallest absolute Gasteiger partial charge is 0.297 e. The van der Waals surface area contributed by atoms with E-state index in [1.807, 2.05) is 0 Å². The first-order chi connectivity index (χ1) is 7.42. The van der Waals surface area contributed by atoms with Gasteiger partial charge in [-0.05, 0) is 33.1 Å². The predicted octanol–water partition coefficient (Wildman–Crippen LogP) is 2.54. The Balaban J connectivity index is 2.59. The normalized spacial score (nSPS) is 20.2. The van der Waals surface area contributed by atoms with Crippen molar-refractivity contribution >= 4 is 0 Å². The second-order valence-corrected chi connectivity index (χ2v) is 5.68. The van der Waals surface area contributed by atoms with Crippen LogP contribution in [0, 0.1) is 0 Å². The number of hydrogen-bond acceptors (Lipinski definition) is 2. The quantitative estimate of drug-likeness (QED) is 0.718. The van der Waals surface area contributed by atoms with E-state index in [-0.39, 0.29) is 11.5 Å². The van der Waals surface area contributed by atoms with Crippen LogP contribution in [0.5, 0.6) is 0 Å². The van der Waals surface area contributed by atoms with Gasteiger partial charge in [-0.2, -0.15) is 0 Å². The van der Waals surface area contributed by atoms with Gasteiger partial charge in [-0.25, -0.2) is 4.99 Å². The van der Waals surface area contributed by atoms with Gasteiger partial charge in [0.1, 0.15) is 5.76 Å². The predicted molar refractivity (Wildman–Crippen MR) is 64.3 cm³/mol. The summed E-state index contributed by atoms with van der Waals surface area (Å²) in [4.78, 5) is 4.53. The summed E-state index contributed by atoms with van der Waals surface area (Å²) in [5, 5.41) is 0. The van der Waals surface area contributed by atoms with Crippen LogP contribution >= 0.6 is 0 Å². The largest absolute Gasteiger partial charge is 0.428 e. The highest BCUT2D eigenvalue weighted by atomic mass is 16.4. The molecule has 0 aliphatic heterocycles. The van der Waals surface area contributed by atoms with Crippen LogP contribution < -0.4 is 5.68 Å². The van der Waals surface area contributed by atoms with Crippen LogP contribution in [0.1, 0.15) is 52.0 Å². The molecule has 0 N–H and O–H groups in total. The Morgan fingerprint density at radius 3 is 2.62 bits per heavy atom. The SMILES string of the molecule is CC(C)N=c1oc2c(n1C)CCCC2(C)C. The second kappa shape index (κ2) is 3.79. The Hall–Kier alpha value is -0.990. The van der Waals surface area contributed by atoms with E-state index in [4.69, 9.17) is 4.42 Å². The zero-order chi connectivity index (χ0) is 11.9. The molecule has 0 fully saturated rings. The van der Waals surface area contributed by atoms with Crippen molar-refractivity contribution in [1.82, 2.24) is 4.57 Å². The molecule has 16 heavy (non-hydrogen) atoms. The summed E-state index contributed by atoms with van der Waals surface area (Å²) in [7, 11) is 2.06. The molecule has 0 amide bonds. The minimum absolute atomic E-state index is 0.163. The molecule has 0 saturated carbocycles. The topological polar surface area (TPSA) is 30.4 Å². The van der Waals surface area contributed by atoms with Crippen molar-refractivity contribution in [3.63, 3.8) is 0 Å². The number of nitrogens with zero attached hydrogens (tertiary/aromatic N) is 2. The molecule has 0 saturated heterocycles. The number of fused-ring (bicyclic) bond motifs is 1. The fourth-order valence-corrected chi connectivity index (χ4v) is 2.44. The molecule has 1 aromatic rings. The maximum absolute atomic E-state index is 5.96. The lowest BCUT2D eigenvalue weighted by atomic mass is 9.79. The van der Waals surface area contributed by atoms with E-state index in [0.717, 1.165) is 17.9 Å². The third-order valence-corrected chi connectivity index (χ3v) is 3.35. The van der Waals surface area contributed by atoms with E-state index in [1.165, 1.54) is 18.5 Å². The molecule has 0 bridgehead atoms. The molecule has 2 rings (SSSR count). The third kappa shape index (κ3) is 1.83. The van der Waals surface area contributed by atoms with Gasteiger partial charge in [-0.1, -0.05) is 13.8 Å². The third-order valence-electron chi connectivity index (χ3n) is 3.35. The van der Waals surface area contributed by atoms with Crippen LogP contribution in [0.2, 0.25) is 0 Å². The van der Waals surface area contributed by atoms with Crippen molar-refractivity contribution in [3.05, 3.63) is 17.1 Å². The molecule has 0 atom stereocenters. The molecule has 1 aliphatic rings. The molecule has 0 aromatic carbocycles. The van der Waals surface area contributed by atoms with Crippen LogP contribution in [0.25, 0.3) is 0 Å². The minimum atomic E-state index is 0.163. The molecule has 3 heteroatoms. The van der Waals surface area contributed by atoms with Crippen LogP contribution in [0.4, 0.5) is 0 Å². The average Bonchev–Trinajstić information content (AvgIpc) is 2.45. The highest BCUT2D eigenvalue weighted by molar-refractivity contribution is 5.21. The maximum Gasteiger partial charge on any atom is 0.297 e. The Bertz CT molecular complexity index is 449. The molecule has 0 radical (unpaired) electrons. The molecule has 3 nitrogen and oxygen atoms in total. The first-order valence-corrected chi connectivity index (χ1v) is 6.15. The molecular weight excluding hydrogens is 200 g/mol. The molecular formula is C13H22N2O. The van der Waals surface area contributed by atoms with Crippen molar-refractivity contribution in [2.45, 2.75) is 58.4 Å². The van der Waals surface area contributed by atoms with Crippen molar-refractivity contribution < 1.29 is 4.42 Å². The highest BCUT2D eigenvalue weighted by Gasteiger charge is 2.32. The molecule has 90 valence electrons. The van der Waals surface area contributed by atoms with Crippen LogP contribution in [-0.2, 0) is 18.9 Å². The lowest BCUT2D eigenvalue weighted by Crippen LogP contribution is -2.24. The molecule has 1 aromatic heterocycles. The van der Waals surface area contributed by atoms with Gasteiger partial charge in [0, 0.05) is 18.5 Å². The standard InChI is InChI=1S/C13H22N2O/c1-9(2)14-12-15(5)10-7-6-8-13(3,4)11(10)16-12/h9H,6-8H2,1-5H3. The van der Waals surface area contributed by atoms with Gasteiger partial charge in [0.15, 0.2) is 0 Å². The summed E-state index contributed by atoms with van der Waals surface area (Å²) in [6, 6.07) is 0.280. The number of hydrogen-bond donors (Lipinski definition) is 0. The van der Waals surface area contributed by atoms with Gasteiger partial charge in [0.2, 0.25) is 0 Å². The van der Waals surface area contributed by atoms with E-state index in [1.54, 1.807) is 0 Å². The van der Waals surface area contributed by atoms with Crippen molar-refractivity contribution in [3.8, 4) is 0 Å². The van der Waals surface area contributed by atoms with Gasteiger partial charge < -0.3 is 4.42 Å².